The summed E-state index contributed by atoms with van der Waals surface area (Å²) < 4.78 is 11.6. The first-order valence-electron chi connectivity index (χ1n) is 7.40. The summed E-state index contributed by atoms with van der Waals surface area (Å²) in [6.45, 7) is 10.3. The Morgan fingerprint density at radius 3 is 2.29 bits per heavy atom. The monoisotopic (exact) mass is 355 g/mol. The Bertz CT molecular complexity index is 500. The van der Waals surface area contributed by atoms with Crippen molar-refractivity contribution in [2.24, 2.45) is 22.5 Å². The van der Waals surface area contributed by atoms with Gasteiger partial charge in [0.15, 0.2) is 0 Å². The number of nitrogens with two attached hydrogens (primary N) is 1. The van der Waals surface area contributed by atoms with Crippen LogP contribution in [0.2, 0.25) is 0 Å². The van der Waals surface area contributed by atoms with Crippen molar-refractivity contribution in [2.45, 2.75) is 33.7 Å². The molecule has 1 aliphatic rings. The van der Waals surface area contributed by atoms with Crippen LogP contribution in [0.3, 0.4) is 0 Å². The van der Waals surface area contributed by atoms with Crippen LogP contribution in [-0.4, -0.2) is 20.3 Å². The molecule has 0 aromatic heterocycles. The Morgan fingerprint density at radius 2 is 1.81 bits per heavy atom. The third kappa shape index (κ3) is 2.99. The molecule has 0 heterocycles. The highest BCUT2D eigenvalue weighted by Crippen LogP contribution is 2.71. The van der Waals surface area contributed by atoms with Crippen LogP contribution in [0.1, 0.15) is 39.3 Å². The van der Waals surface area contributed by atoms with Crippen molar-refractivity contribution in [3.8, 4) is 5.75 Å². The number of rotatable bonds is 6. The zero-order chi connectivity index (χ0) is 15.8. The van der Waals surface area contributed by atoms with E-state index < -0.39 is 0 Å². The average Bonchev–Trinajstić information content (AvgIpc) is 2.81. The number of methoxy groups -OCH3 is 1. The molecule has 2 rings (SSSR count). The van der Waals surface area contributed by atoms with Gasteiger partial charge in [0, 0.05) is 13.2 Å². The van der Waals surface area contributed by atoms with E-state index in [1.54, 1.807) is 7.11 Å². The highest BCUT2D eigenvalue weighted by molar-refractivity contribution is 9.10. The zero-order valence-electron chi connectivity index (χ0n) is 13.6. The Hall–Kier alpha value is -0.580. The third-order valence-electron chi connectivity index (χ3n) is 5.38. The molecule has 3 nitrogen and oxygen atoms in total. The van der Waals surface area contributed by atoms with Crippen molar-refractivity contribution in [1.29, 1.82) is 0 Å². The maximum absolute atomic E-state index is 6.51. The predicted octanol–water partition coefficient (Wildman–Crippen LogP) is 4.16. The van der Waals surface area contributed by atoms with Gasteiger partial charge >= 0.3 is 0 Å². The van der Waals surface area contributed by atoms with Gasteiger partial charge in [-0.05, 0) is 50.4 Å². The summed E-state index contributed by atoms with van der Waals surface area (Å²) in [6.07, 6.45) is 0. The van der Waals surface area contributed by atoms with Gasteiger partial charge in [-0.25, -0.2) is 0 Å². The summed E-state index contributed by atoms with van der Waals surface area (Å²) >= 11 is 3.57. The molecule has 0 spiro atoms. The summed E-state index contributed by atoms with van der Waals surface area (Å²) in [6, 6.07) is 6.19. The van der Waals surface area contributed by atoms with Crippen molar-refractivity contribution >= 4 is 15.9 Å². The summed E-state index contributed by atoms with van der Waals surface area (Å²) in [5.41, 5.74) is 8.24. The molecule has 2 N–H and O–H groups in total. The molecule has 0 bridgehead atoms. The summed E-state index contributed by atoms with van der Waals surface area (Å²) in [5, 5.41) is 0. The van der Waals surface area contributed by atoms with Gasteiger partial charge in [-0.1, -0.05) is 33.8 Å². The van der Waals surface area contributed by atoms with Gasteiger partial charge in [0.2, 0.25) is 0 Å². The molecule has 1 atom stereocenters. The maximum Gasteiger partial charge on any atom is 0.133 e. The maximum atomic E-state index is 6.51. The molecule has 0 saturated heterocycles. The Balaban J connectivity index is 2.10. The molecule has 1 aromatic carbocycles. The van der Waals surface area contributed by atoms with E-state index in [1.807, 2.05) is 6.07 Å². The summed E-state index contributed by atoms with van der Waals surface area (Å²) in [5.74, 6) is 1.33. The molecule has 1 unspecified atom stereocenters. The molecule has 0 amide bonds. The molecule has 1 aliphatic carbocycles. The van der Waals surface area contributed by atoms with E-state index in [0.717, 1.165) is 15.8 Å². The van der Waals surface area contributed by atoms with E-state index in [9.17, 15) is 0 Å². The van der Waals surface area contributed by atoms with Crippen molar-refractivity contribution in [3.05, 3.63) is 28.2 Å². The highest BCUT2D eigenvalue weighted by Gasteiger charge is 2.66. The second kappa shape index (κ2) is 5.90. The van der Waals surface area contributed by atoms with Gasteiger partial charge in [0.25, 0.3) is 0 Å². The molecule has 1 fully saturated rings. The fourth-order valence-electron chi connectivity index (χ4n) is 3.41. The van der Waals surface area contributed by atoms with E-state index in [1.165, 1.54) is 0 Å². The number of ether oxygens (including phenoxy) is 2. The summed E-state index contributed by atoms with van der Waals surface area (Å²) in [7, 11) is 1.67. The molecule has 21 heavy (non-hydrogen) atoms. The van der Waals surface area contributed by atoms with Crippen LogP contribution in [-0.2, 0) is 4.74 Å². The first-order chi connectivity index (χ1) is 9.73. The van der Waals surface area contributed by atoms with Gasteiger partial charge in [0.05, 0.1) is 11.1 Å². The van der Waals surface area contributed by atoms with E-state index in [-0.39, 0.29) is 16.9 Å². The molecule has 118 valence electrons. The number of hydrogen-bond donors (Lipinski definition) is 1. The Morgan fingerprint density at radius 1 is 1.19 bits per heavy atom. The van der Waals surface area contributed by atoms with Gasteiger partial charge in [-0.15, -0.1) is 0 Å². The van der Waals surface area contributed by atoms with Crippen molar-refractivity contribution in [3.63, 3.8) is 0 Å². The lowest BCUT2D eigenvalue weighted by Gasteiger charge is -2.16. The smallest absolute Gasteiger partial charge is 0.133 e. The molecule has 0 radical (unpaired) electrons. The van der Waals surface area contributed by atoms with Crippen LogP contribution in [0.15, 0.2) is 22.7 Å². The Kier molecular flexibility index (Phi) is 4.72. The van der Waals surface area contributed by atoms with Gasteiger partial charge in [-0.2, -0.15) is 0 Å². The fraction of sp³-hybridized carbons (Fsp3) is 0.647. The van der Waals surface area contributed by atoms with Crippen LogP contribution in [0, 0.1) is 16.7 Å². The topological polar surface area (TPSA) is 44.5 Å². The summed E-state index contributed by atoms with van der Waals surface area (Å²) in [4.78, 5) is 0. The first-order valence-corrected chi connectivity index (χ1v) is 8.19. The fourth-order valence-corrected chi connectivity index (χ4v) is 3.93. The third-order valence-corrected chi connectivity index (χ3v) is 6.00. The highest BCUT2D eigenvalue weighted by atomic mass is 79.9. The lowest BCUT2D eigenvalue weighted by Crippen LogP contribution is -2.16. The quantitative estimate of drug-likeness (QED) is 0.779. The van der Waals surface area contributed by atoms with Crippen LogP contribution >= 0.6 is 15.9 Å². The lowest BCUT2D eigenvalue weighted by atomic mass is 9.97. The number of benzene rings is 1. The average molecular weight is 356 g/mol. The molecule has 0 aliphatic heterocycles. The van der Waals surface area contributed by atoms with Gasteiger partial charge in [-0.3, -0.25) is 0 Å². The largest absolute Gasteiger partial charge is 0.490 e. The van der Waals surface area contributed by atoms with E-state index in [0.29, 0.717) is 19.1 Å². The van der Waals surface area contributed by atoms with Gasteiger partial charge in [0.1, 0.15) is 12.4 Å². The van der Waals surface area contributed by atoms with Crippen molar-refractivity contribution in [2.75, 3.05) is 20.3 Å². The van der Waals surface area contributed by atoms with E-state index in [4.69, 9.17) is 15.2 Å². The minimum Gasteiger partial charge on any atom is -0.490 e. The van der Waals surface area contributed by atoms with Gasteiger partial charge < -0.3 is 15.2 Å². The van der Waals surface area contributed by atoms with E-state index >= 15 is 0 Å². The number of halogens is 1. The van der Waals surface area contributed by atoms with Crippen LogP contribution in [0.5, 0.6) is 5.75 Å². The lowest BCUT2D eigenvalue weighted by molar-refractivity contribution is 0.146. The van der Waals surface area contributed by atoms with Crippen LogP contribution < -0.4 is 10.5 Å². The molecule has 4 heteroatoms. The second-order valence-corrected chi connectivity index (χ2v) is 7.83. The minimum atomic E-state index is 0.0549. The Labute approximate surface area is 136 Å². The zero-order valence-corrected chi connectivity index (χ0v) is 15.2. The first kappa shape index (κ1) is 16.8. The molecule has 1 saturated carbocycles. The minimum absolute atomic E-state index is 0.0549. The standard InChI is InChI=1S/C17H26BrNO2/c1-16(2)15(17(16,3)4)14(19)11-6-7-13(12(18)10-11)21-9-8-20-5/h6-7,10,14-15H,8-9,19H2,1-5H3. The van der Waals surface area contributed by atoms with Crippen molar-refractivity contribution < 1.29 is 9.47 Å². The normalized spacial score (nSPS) is 21.1. The predicted molar refractivity (Wildman–Crippen MR) is 89.5 cm³/mol. The second-order valence-electron chi connectivity index (χ2n) is 6.98. The molecular weight excluding hydrogens is 330 g/mol. The SMILES string of the molecule is COCCOc1ccc(C(N)C2C(C)(C)C2(C)C)cc1Br. The van der Waals surface area contributed by atoms with Crippen LogP contribution in [0.25, 0.3) is 0 Å². The van der Waals surface area contributed by atoms with Crippen LogP contribution in [0.4, 0.5) is 0 Å². The molecular formula is C17H26BrNO2. The number of hydrogen-bond acceptors (Lipinski definition) is 3. The molecule has 1 aromatic rings. The van der Waals surface area contributed by atoms with Crippen molar-refractivity contribution in [1.82, 2.24) is 0 Å². The van der Waals surface area contributed by atoms with E-state index in [2.05, 4.69) is 55.8 Å².